The fourth-order valence-electron chi connectivity index (χ4n) is 2.52. The summed E-state index contributed by atoms with van der Waals surface area (Å²) >= 11 is 0. The Bertz CT molecular complexity index is 1040. The highest BCUT2D eigenvalue weighted by atomic mass is 19.2. The Morgan fingerprint density at radius 2 is 1.61 bits per heavy atom. The van der Waals surface area contributed by atoms with Crippen LogP contribution in [0.2, 0.25) is 0 Å². The summed E-state index contributed by atoms with van der Waals surface area (Å²) in [5, 5.41) is 5.27. The van der Waals surface area contributed by atoms with Crippen molar-refractivity contribution in [3.05, 3.63) is 89.5 Å². The molecule has 3 aromatic rings. The highest BCUT2D eigenvalue weighted by Gasteiger charge is 2.15. The lowest BCUT2D eigenvalue weighted by Crippen LogP contribution is -2.18. The predicted molar refractivity (Wildman–Crippen MR) is 102 cm³/mol. The normalized spacial score (nSPS) is 10.2. The Kier molecular flexibility index (Phi) is 5.64. The Balaban J connectivity index is 1.81. The van der Waals surface area contributed by atoms with Crippen LogP contribution in [-0.2, 0) is 0 Å². The summed E-state index contributed by atoms with van der Waals surface area (Å²) in [5.74, 6) is -2.71. The number of halogens is 2. The van der Waals surface area contributed by atoms with E-state index in [2.05, 4.69) is 10.6 Å². The van der Waals surface area contributed by atoms with Crippen LogP contribution in [0.25, 0.3) is 0 Å². The largest absolute Gasteiger partial charge is 0.497 e. The highest BCUT2D eigenvalue weighted by Crippen LogP contribution is 2.21. The van der Waals surface area contributed by atoms with Gasteiger partial charge < -0.3 is 15.4 Å². The van der Waals surface area contributed by atoms with E-state index < -0.39 is 23.4 Å². The number of ether oxygens (including phenoxy) is 1. The molecule has 0 bridgehead atoms. The summed E-state index contributed by atoms with van der Waals surface area (Å²) in [4.78, 5) is 25.0. The number of para-hydroxylation sites is 1. The number of rotatable bonds is 5. The number of hydrogen-bond donors (Lipinski definition) is 2. The average Bonchev–Trinajstić information content (AvgIpc) is 2.70. The Morgan fingerprint density at radius 3 is 2.36 bits per heavy atom. The zero-order valence-electron chi connectivity index (χ0n) is 14.8. The van der Waals surface area contributed by atoms with Gasteiger partial charge in [-0.25, -0.2) is 8.78 Å². The maximum absolute atomic E-state index is 13.4. The van der Waals surface area contributed by atoms with Gasteiger partial charge in [0.25, 0.3) is 11.8 Å². The third kappa shape index (κ3) is 4.32. The maximum atomic E-state index is 13.4. The van der Waals surface area contributed by atoms with E-state index in [-0.39, 0.29) is 16.8 Å². The third-order valence-corrected chi connectivity index (χ3v) is 3.93. The van der Waals surface area contributed by atoms with Crippen molar-refractivity contribution in [1.82, 2.24) is 0 Å². The van der Waals surface area contributed by atoms with Gasteiger partial charge in [0.05, 0.1) is 18.4 Å². The van der Waals surface area contributed by atoms with Crippen molar-refractivity contribution < 1.29 is 23.1 Å². The van der Waals surface area contributed by atoms with E-state index in [4.69, 9.17) is 4.74 Å². The van der Waals surface area contributed by atoms with Crippen LogP contribution in [0, 0.1) is 11.6 Å². The maximum Gasteiger partial charge on any atom is 0.257 e. The molecule has 0 aliphatic heterocycles. The lowest BCUT2D eigenvalue weighted by atomic mass is 10.1. The molecule has 0 aromatic heterocycles. The SMILES string of the molecule is COc1cccc(NC(=O)c2ccccc2NC(=O)c2ccc(F)c(F)c2)c1. The highest BCUT2D eigenvalue weighted by molar-refractivity contribution is 6.12. The zero-order chi connectivity index (χ0) is 20.1. The molecule has 3 aromatic carbocycles. The molecule has 0 saturated heterocycles. The number of benzene rings is 3. The van der Waals surface area contributed by atoms with Gasteiger partial charge >= 0.3 is 0 Å². The van der Waals surface area contributed by atoms with Crippen LogP contribution in [0.3, 0.4) is 0 Å². The summed E-state index contributed by atoms with van der Waals surface area (Å²) in [5.41, 5.74) is 0.895. The van der Waals surface area contributed by atoms with E-state index >= 15 is 0 Å². The van der Waals surface area contributed by atoms with Gasteiger partial charge in [-0.3, -0.25) is 9.59 Å². The van der Waals surface area contributed by atoms with E-state index in [9.17, 15) is 18.4 Å². The second-order valence-corrected chi connectivity index (χ2v) is 5.81. The van der Waals surface area contributed by atoms with E-state index in [0.717, 1.165) is 18.2 Å². The molecule has 0 aliphatic carbocycles. The van der Waals surface area contributed by atoms with Crippen LogP contribution in [0.4, 0.5) is 20.2 Å². The monoisotopic (exact) mass is 382 g/mol. The number of carbonyl (C=O) groups is 2. The first kappa shape index (κ1) is 19.0. The fraction of sp³-hybridized carbons (Fsp3) is 0.0476. The smallest absolute Gasteiger partial charge is 0.257 e. The quantitative estimate of drug-likeness (QED) is 0.684. The molecular weight excluding hydrogens is 366 g/mol. The number of carbonyl (C=O) groups excluding carboxylic acids is 2. The first-order valence-electron chi connectivity index (χ1n) is 8.29. The van der Waals surface area contributed by atoms with Crippen molar-refractivity contribution in [2.45, 2.75) is 0 Å². The van der Waals surface area contributed by atoms with Crippen LogP contribution in [-0.4, -0.2) is 18.9 Å². The van der Waals surface area contributed by atoms with Gasteiger partial charge in [0.2, 0.25) is 0 Å². The molecule has 0 heterocycles. The molecule has 0 spiro atoms. The molecular formula is C21H16F2N2O3. The Hall–Kier alpha value is -3.74. The molecule has 7 heteroatoms. The minimum atomic E-state index is -1.13. The summed E-state index contributed by atoms with van der Waals surface area (Å²) in [6.45, 7) is 0. The van der Waals surface area contributed by atoms with Crippen molar-refractivity contribution in [2.24, 2.45) is 0 Å². The lowest BCUT2D eigenvalue weighted by Gasteiger charge is -2.12. The van der Waals surface area contributed by atoms with Crippen LogP contribution >= 0.6 is 0 Å². The van der Waals surface area contributed by atoms with Gasteiger partial charge in [-0.15, -0.1) is 0 Å². The van der Waals surface area contributed by atoms with Gasteiger partial charge in [0, 0.05) is 17.3 Å². The standard InChI is InChI=1S/C21H16F2N2O3/c1-28-15-6-4-5-14(12-15)24-21(27)16-7-2-3-8-19(16)25-20(26)13-9-10-17(22)18(23)11-13/h2-12H,1H3,(H,24,27)(H,25,26). The molecule has 28 heavy (non-hydrogen) atoms. The Morgan fingerprint density at radius 1 is 0.821 bits per heavy atom. The predicted octanol–water partition coefficient (Wildman–Crippen LogP) is 4.48. The summed E-state index contributed by atoms with van der Waals surface area (Å²) < 4.78 is 31.5. The molecule has 142 valence electrons. The van der Waals surface area contributed by atoms with Gasteiger partial charge in [-0.2, -0.15) is 0 Å². The molecule has 0 unspecified atom stereocenters. The number of methoxy groups -OCH3 is 1. The van der Waals surface area contributed by atoms with E-state index in [1.807, 2.05) is 0 Å². The number of hydrogen-bond acceptors (Lipinski definition) is 3. The van der Waals surface area contributed by atoms with Crippen molar-refractivity contribution in [2.75, 3.05) is 17.7 Å². The molecule has 0 saturated carbocycles. The van der Waals surface area contributed by atoms with Crippen molar-refractivity contribution in [1.29, 1.82) is 0 Å². The number of nitrogens with one attached hydrogen (secondary N) is 2. The minimum Gasteiger partial charge on any atom is -0.497 e. The first-order valence-corrected chi connectivity index (χ1v) is 8.29. The molecule has 0 fully saturated rings. The fourth-order valence-corrected chi connectivity index (χ4v) is 2.52. The van der Waals surface area contributed by atoms with Crippen molar-refractivity contribution in [3.63, 3.8) is 0 Å². The molecule has 0 aliphatic rings. The summed E-state index contributed by atoms with van der Waals surface area (Å²) in [6, 6.07) is 16.0. The van der Waals surface area contributed by atoms with Crippen LogP contribution in [0.1, 0.15) is 20.7 Å². The van der Waals surface area contributed by atoms with Gasteiger partial charge in [0.15, 0.2) is 11.6 Å². The van der Waals surface area contributed by atoms with E-state index in [1.54, 1.807) is 36.4 Å². The van der Waals surface area contributed by atoms with Crippen molar-refractivity contribution in [3.8, 4) is 5.75 Å². The molecule has 0 radical (unpaired) electrons. The second-order valence-electron chi connectivity index (χ2n) is 5.81. The average molecular weight is 382 g/mol. The molecule has 2 amide bonds. The number of anilines is 2. The summed E-state index contributed by atoms with van der Waals surface area (Å²) in [6.07, 6.45) is 0. The molecule has 5 nitrogen and oxygen atoms in total. The van der Waals surface area contributed by atoms with E-state index in [0.29, 0.717) is 11.4 Å². The number of amides is 2. The van der Waals surface area contributed by atoms with Crippen LogP contribution < -0.4 is 15.4 Å². The third-order valence-electron chi connectivity index (χ3n) is 3.93. The van der Waals surface area contributed by atoms with Crippen LogP contribution in [0.5, 0.6) is 5.75 Å². The summed E-state index contributed by atoms with van der Waals surface area (Å²) in [7, 11) is 1.52. The first-order chi connectivity index (χ1) is 13.5. The van der Waals surface area contributed by atoms with Gasteiger partial charge in [-0.1, -0.05) is 18.2 Å². The van der Waals surface area contributed by atoms with Crippen molar-refractivity contribution >= 4 is 23.2 Å². The lowest BCUT2D eigenvalue weighted by molar-refractivity contribution is 0.102. The van der Waals surface area contributed by atoms with E-state index in [1.165, 1.54) is 19.2 Å². The van der Waals surface area contributed by atoms with Gasteiger partial charge in [0.1, 0.15) is 5.75 Å². The zero-order valence-corrected chi connectivity index (χ0v) is 14.8. The molecule has 0 atom stereocenters. The Labute approximate surface area is 160 Å². The van der Waals surface area contributed by atoms with Gasteiger partial charge in [-0.05, 0) is 42.5 Å². The topological polar surface area (TPSA) is 67.4 Å². The molecule has 3 rings (SSSR count). The molecule has 2 N–H and O–H groups in total. The van der Waals surface area contributed by atoms with Crippen LogP contribution in [0.15, 0.2) is 66.7 Å². The minimum absolute atomic E-state index is 0.0677. The second kappa shape index (κ2) is 8.30.